The Labute approximate surface area is 141 Å². The third-order valence-electron chi connectivity index (χ3n) is 3.40. The molecule has 0 aliphatic rings. The molecule has 2 atom stereocenters. The van der Waals surface area contributed by atoms with Crippen LogP contribution in [-0.2, 0) is 14.4 Å². The van der Waals surface area contributed by atoms with Crippen molar-refractivity contribution in [3.8, 4) is 5.75 Å². The number of rotatable bonds is 9. The maximum absolute atomic E-state index is 12.2. The summed E-state index contributed by atoms with van der Waals surface area (Å²) in [6.07, 6.45) is 0.203. The van der Waals surface area contributed by atoms with E-state index in [0.717, 1.165) is 0 Å². The van der Waals surface area contributed by atoms with Crippen LogP contribution in [0.1, 0.15) is 45.2 Å². The van der Waals surface area contributed by atoms with Gasteiger partial charge in [0.15, 0.2) is 0 Å². The minimum atomic E-state index is -1.09. The Hall–Kier alpha value is -2.57. The van der Waals surface area contributed by atoms with E-state index in [4.69, 9.17) is 9.84 Å². The van der Waals surface area contributed by atoms with Crippen molar-refractivity contribution in [3.63, 3.8) is 0 Å². The summed E-state index contributed by atoms with van der Waals surface area (Å²) in [6, 6.07) is 5.58. The third-order valence-corrected chi connectivity index (χ3v) is 3.40. The van der Waals surface area contributed by atoms with Gasteiger partial charge in [0, 0.05) is 12.5 Å². The number of para-hydroxylation sites is 1. The minimum Gasteiger partial charge on any atom is -0.494 e. The van der Waals surface area contributed by atoms with Crippen LogP contribution in [0.5, 0.6) is 5.75 Å². The first-order chi connectivity index (χ1) is 11.4. The predicted molar refractivity (Wildman–Crippen MR) is 88.6 cm³/mol. The van der Waals surface area contributed by atoms with E-state index in [-0.39, 0.29) is 18.7 Å². The molecule has 0 spiro atoms. The smallest absolute Gasteiger partial charge is 0.326 e. The number of amides is 2. The van der Waals surface area contributed by atoms with Crippen LogP contribution in [-0.4, -0.2) is 35.5 Å². The summed E-state index contributed by atoms with van der Waals surface area (Å²) in [4.78, 5) is 34.7. The van der Waals surface area contributed by atoms with Crippen LogP contribution in [0.3, 0.4) is 0 Å². The first-order valence-corrected chi connectivity index (χ1v) is 7.90. The Morgan fingerprint density at radius 1 is 1.17 bits per heavy atom. The van der Waals surface area contributed by atoms with Gasteiger partial charge in [0.1, 0.15) is 11.8 Å². The summed E-state index contributed by atoms with van der Waals surface area (Å²) in [6.45, 7) is 5.33. The highest BCUT2D eigenvalue weighted by atomic mass is 16.5. The number of carboxylic acid groups (broad SMARTS) is 1. The highest BCUT2D eigenvalue weighted by Crippen LogP contribution is 2.27. The Kier molecular flexibility index (Phi) is 7.74. The molecule has 0 saturated carbocycles. The predicted octanol–water partition coefficient (Wildman–Crippen LogP) is 1.63. The van der Waals surface area contributed by atoms with Gasteiger partial charge < -0.3 is 20.5 Å². The van der Waals surface area contributed by atoms with Crippen LogP contribution in [0.2, 0.25) is 0 Å². The van der Waals surface area contributed by atoms with Gasteiger partial charge in [-0.2, -0.15) is 0 Å². The quantitative estimate of drug-likeness (QED) is 0.636. The molecule has 0 aromatic heterocycles. The number of hydrogen-bond donors (Lipinski definition) is 3. The average molecular weight is 336 g/mol. The molecule has 0 aliphatic heterocycles. The van der Waals surface area contributed by atoms with E-state index in [0.29, 0.717) is 17.9 Å². The number of aliphatic carboxylic acids is 1. The molecular weight excluding hydrogens is 312 g/mol. The zero-order valence-corrected chi connectivity index (χ0v) is 14.2. The number of hydrogen-bond acceptors (Lipinski definition) is 4. The molecule has 132 valence electrons. The lowest BCUT2D eigenvalue weighted by molar-refractivity contribution is -0.142. The molecule has 0 bridgehead atoms. The van der Waals surface area contributed by atoms with Gasteiger partial charge in [0.25, 0.3) is 0 Å². The zero-order valence-electron chi connectivity index (χ0n) is 14.2. The number of ether oxygens (including phenoxy) is 1. The summed E-state index contributed by atoms with van der Waals surface area (Å²) >= 11 is 0. The Balaban J connectivity index is 2.96. The van der Waals surface area contributed by atoms with E-state index in [9.17, 15) is 14.4 Å². The number of benzene rings is 1. The molecule has 3 N–H and O–H groups in total. The van der Waals surface area contributed by atoms with Crippen LogP contribution >= 0.6 is 0 Å². The van der Waals surface area contributed by atoms with Crippen molar-refractivity contribution >= 4 is 17.8 Å². The SMILES string of the molecule is CCOc1ccccc1C(CC(=O)NC(CC)C(=O)O)NC(C)=O. The average Bonchev–Trinajstić information content (AvgIpc) is 2.52. The second-order valence-corrected chi connectivity index (χ2v) is 5.29. The molecule has 1 aromatic rings. The van der Waals surface area contributed by atoms with E-state index >= 15 is 0 Å². The summed E-state index contributed by atoms with van der Waals surface area (Å²) in [5, 5.41) is 14.2. The summed E-state index contributed by atoms with van der Waals surface area (Å²) in [7, 11) is 0. The topological polar surface area (TPSA) is 105 Å². The lowest BCUT2D eigenvalue weighted by Crippen LogP contribution is -2.42. The van der Waals surface area contributed by atoms with Gasteiger partial charge >= 0.3 is 5.97 Å². The van der Waals surface area contributed by atoms with Crippen molar-refractivity contribution in [1.29, 1.82) is 0 Å². The van der Waals surface area contributed by atoms with E-state index in [1.165, 1.54) is 6.92 Å². The third kappa shape index (κ3) is 5.91. The number of nitrogens with one attached hydrogen (secondary N) is 2. The van der Waals surface area contributed by atoms with Gasteiger partial charge in [-0.25, -0.2) is 4.79 Å². The fourth-order valence-corrected chi connectivity index (χ4v) is 2.32. The van der Waals surface area contributed by atoms with Gasteiger partial charge in [0.05, 0.1) is 19.1 Å². The van der Waals surface area contributed by atoms with Gasteiger partial charge in [0.2, 0.25) is 11.8 Å². The number of carboxylic acids is 1. The summed E-state index contributed by atoms with van der Waals surface area (Å²) in [5.41, 5.74) is 0.674. The van der Waals surface area contributed by atoms with Gasteiger partial charge in [-0.1, -0.05) is 25.1 Å². The second-order valence-electron chi connectivity index (χ2n) is 5.29. The van der Waals surface area contributed by atoms with Gasteiger partial charge in [-0.15, -0.1) is 0 Å². The van der Waals surface area contributed by atoms with Crippen molar-refractivity contribution in [2.75, 3.05) is 6.61 Å². The first-order valence-electron chi connectivity index (χ1n) is 7.90. The van der Waals surface area contributed by atoms with E-state index in [1.807, 2.05) is 6.92 Å². The molecule has 7 nitrogen and oxygen atoms in total. The van der Waals surface area contributed by atoms with Crippen LogP contribution in [0.25, 0.3) is 0 Å². The maximum Gasteiger partial charge on any atom is 0.326 e. The molecule has 0 aliphatic carbocycles. The Morgan fingerprint density at radius 3 is 2.38 bits per heavy atom. The first kappa shape index (κ1) is 19.5. The van der Waals surface area contributed by atoms with Crippen molar-refractivity contribution in [2.24, 2.45) is 0 Å². The molecule has 1 aromatic carbocycles. The van der Waals surface area contributed by atoms with Crippen molar-refractivity contribution < 1.29 is 24.2 Å². The highest BCUT2D eigenvalue weighted by molar-refractivity contribution is 5.84. The zero-order chi connectivity index (χ0) is 18.1. The number of carbonyl (C=O) groups excluding carboxylic acids is 2. The van der Waals surface area contributed by atoms with Crippen LogP contribution in [0.15, 0.2) is 24.3 Å². The fourth-order valence-electron chi connectivity index (χ4n) is 2.32. The molecule has 2 unspecified atom stereocenters. The standard InChI is InChI=1S/C17H24N2O5/c1-4-13(17(22)23)19-16(21)10-14(18-11(3)20)12-8-6-7-9-15(12)24-5-2/h6-9,13-14H,4-5,10H2,1-3H3,(H,18,20)(H,19,21)(H,22,23). The van der Waals surface area contributed by atoms with E-state index < -0.39 is 24.0 Å². The summed E-state index contributed by atoms with van der Waals surface area (Å²) in [5.74, 6) is -1.24. The van der Waals surface area contributed by atoms with Crippen LogP contribution in [0.4, 0.5) is 0 Å². The monoisotopic (exact) mass is 336 g/mol. The summed E-state index contributed by atoms with van der Waals surface area (Å²) < 4.78 is 5.54. The molecule has 7 heteroatoms. The molecule has 0 fully saturated rings. The molecule has 1 rings (SSSR count). The van der Waals surface area contributed by atoms with E-state index in [2.05, 4.69) is 10.6 Å². The van der Waals surface area contributed by atoms with Gasteiger partial charge in [-0.05, 0) is 19.4 Å². The maximum atomic E-state index is 12.2. The normalized spacial score (nSPS) is 12.8. The second kappa shape index (κ2) is 9.54. The molecular formula is C17H24N2O5. The highest BCUT2D eigenvalue weighted by Gasteiger charge is 2.23. The van der Waals surface area contributed by atoms with E-state index in [1.54, 1.807) is 31.2 Å². The lowest BCUT2D eigenvalue weighted by atomic mass is 10.0. The lowest BCUT2D eigenvalue weighted by Gasteiger charge is -2.22. The Morgan fingerprint density at radius 2 is 1.83 bits per heavy atom. The van der Waals surface area contributed by atoms with Crippen LogP contribution < -0.4 is 15.4 Å². The van der Waals surface area contributed by atoms with Gasteiger partial charge in [-0.3, -0.25) is 9.59 Å². The molecule has 0 saturated heterocycles. The van der Waals surface area contributed by atoms with Crippen molar-refractivity contribution in [3.05, 3.63) is 29.8 Å². The molecule has 0 heterocycles. The fraction of sp³-hybridized carbons (Fsp3) is 0.471. The van der Waals surface area contributed by atoms with Crippen LogP contribution in [0, 0.1) is 0 Å². The molecule has 24 heavy (non-hydrogen) atoms. The number of carbonyl (C=O) groups is 3. The molecule has 0 radical (unpaired) electrons. The van der Waals surface area contributed by atoms with Crippen molar-refractivity contribution in [2.45, 2.75) is 45.7 Å². The van der Waals surface area contributed by atoms with Crippen molar-refractivity contribution in [1.82, 2.24) is 10.6 Å². The minimum absolute atomic E-state index is 0.0759. The molecule has 2 amide bonds. The largest absolute Gasteiger partial charge is 0.494 e. The Bertz CT molecular complexity index is 588.